The standard InChI is InChI=1S/C19H23NO3S/c1-4-12(2)19(22)20-7-8-23-18-15(11-20)9-14(10-16(18)21)17-6-5-13(3)24-17/h5-6,9-10,12,21H,4,7-8,11H2,1-3H3/t12-/m1/s1. The molecule has 0 radical (unpaired) electrons. The predicted molar refractivity (Wildman–Crippen MR) is 96.5 cm³/mol. The summed E-state index contributed by atoms with van der Waals surface area (Å²) >= 11 is 1.69. The molecule has 0 bridgehead atoms. The van der Waals surface area contributed by atoms with Crippen molar-refractivity contribution in [2.75, 3.05) is 13.2 Å². The molecule has 0 saturated heterocycles. The molecule has 4 nitrogen and oxygen atoms in total. The number of phenols is 1. The van der Waals surface area contributed by atoms with Gasteiger partial charge in [0.1, 0.15) is 6.61 Å². The highest BCUT2D eigenvalue weighted by atomic mass is 32.1. The highest BCUT2D eigenvalue weighted by molar-refractivity contribution is 7.15. The molecule has 128 valence electrons. The van der Waals surface area contributed by atoms with Crippen LogP contribution in [0.15, 0.2) is 24.3 Å². The quantitative estimate of drug-likeness (QED) is 0.907. The molecule has 1 amide bonds. The average Bonchev–Trinajstić information content (AvgIpc) is 2.88. The smallest absolute Gasteiger partial charge is 0.225 e. The zero-order valence-corrected chi connectivity index (χ0v) is 15.2. The number of thiophene rings is 1. The monoisotopic (exact) mass is 345 g/mol. The zero-order valence-electron chi connectivity index (χ0n) is 14.3. The lowest BCUT2D eigenvalue weighted by atomic mass is 10.0. The summed E-state index contributed by atoms with van der Waals surface area (Å²) in [7, 11) is 0. The van der Waals surface area contributed by atoms with Crippen LogP contribution in [0.3, 0.4) is 0 Å². The minimum absolute atomic E-state index is 0.00303. The van der Waals surface area contributed by atoms with E-state index in [-0.39, 0.29) is 17.6 Å². The first-order valence-corrected chi connectivity index (χ1v) is 9.15. The number of nitrogens with zero attached hydrogens (tertiary/aromatic N) is 1. The molecule has 1 aromatic carbocycles. The molecule has 5 heteroatoms. The summed E-state index contributed by atoms with van der Waals surface area (Å²) in [5, 5.41) is 10.4. The van der Waals surface area contributed by atoms with Crippen LogP contribution in [0, 0.1) is 12.8 Å². The Labute approximate surface area is 146 Å². The molecule has 1 aliphatic rings. The van der Waals surface area contributed by atoms with Gasteiger partial charge in [0.05, 0.1) is 6.54 Å². The van der Waals surface area contributed by atoms with Crippen molar-refractivity contribution in [2.45, 2.75) is 33.7 Å². The fraction of sp³-hybridized carbons (Fsp3) is 0.421. The molecule has 3 rings (SSSR count). The molecule has 1 aromatic heterocycles. The first kappa shape index (κ1) is 16.8. The summed E-state index contributed by atoms with van der Waals surface area (Å²) in [6, 6.07) is 7.90. The van der Waals surface area contributed by atoms with Gasteiger partial charge in [0.25, 0.3) is 0 Å². The molecule has 1 atom stereocenters. The van der Waals surface area contributed by atoms with Crippen LogP contribution in [-0.4, -0.2) is 29.1 Å². The van der Waals surface area contributed by atoms with Gasteiger partial charge in [0, 0.05) is 27.8 Å². The van der Waals surface area contributed by atoms with Crippen LogP contribution in [0.5, 0.6) is 11.5 Å². The van der Waals surface area contributed by atoms with Gasteiger partial charge in [-0.05, 0) is 43.2 Å². The van der Waals surface area contributed by atoms with E-state index < -0.39 is 0 Å². The summed E-state index contributed by atoms with van der Waals surface area (Å²) in [6.45, 7) is 7.47. The first-order valence-electron chi connectivity index (χ1n) is 8.34. The van der Waals surface area contributed by atoms with Crippen molar-refractivity contribution in [3.8, 4) is 21.9 Å². The van der Waals surface area contributed by atoms with Gasteiger partial charge in [-0.3, -0.25) is 4.79 Å². The molecule has 0 unspecified atom stereocenters. The number of amides is 1. The highest BCUT2D eigenvalue weighted by Gasteiger charge is 2.25. The molecule has 0 fully saturated rings. The molecule has 1 N–H and O–H groups in total. The first-order chi connectivity index (χ1) is 11.5. The van der Waals surface area contributed by atoms with E-state index in [0.717, 1.165) is 22.4 Å². The van der Waals surface area contributed by atoms with Crippen LogP contribution in [0.2, 0.25) is 0 Å². The van der Waals surface area contributed by atoms with Crippen molar-refractivity contribution in [1.29, 1.82) is 0 Å². The summed E-state index contributed by atoms with van der Waals surface area (Å²) in [4.78, 5) is 16.7. The summed E-state index contributed by atoms with van der Waals surface area (Å²) in [6.07, 6.45) is 0.822. The Bertz CT molecular complexity index is 753. The Balaban J connectivity index is 1.95. The van der Waals surface area contributed by atoms with E-state index in [9.17, 15) is 9.90 Å². The second-order valence-electron chi connectivity index (χ2n) is 6.31. The molecular formula is C19H23NO3S. The van der Waals surface area contributed by atoms with Crippen LogP contribution < -0.4 is 4.74 Å². The van der Waals surface area contributed by atoms with Crippen LogP contribution in [0.1, 0.15) is 30.7 Å². The number of fused-ring (bicyclic) bond motifs is 1. The van der Waals surface area contributed by atoms with Crippen LogP contribution in [0.4, 0.5) is 0 Å². The number of carbonyl (C=O) groups is 1. The lowest BCUT2D eigenvalue weighted by molar-refractivity contribution is -0.135. The molecular weight excluding hydrogens is 322 g/mol. The van der Waals surface area contributed by atoms with E-state index in [4.69, 9.17) is 4.74 Å². The van der Waals surface area contributed by atoms with E-state index in [1.54, 1.807) is 17.4 Å². The van der Waals surface area contributed by atoms with E-state index in [2.05, 4.69) is 19.1 Å². The SMILES string of the molecule is CC[C@@H](C)C(=O)N1CCOc2c(O)cc(-c3ccc(C)s3)cc2C1. The molecule has 2 aromatic rings. The van der Waals surface area contributed by atoms with Gasteiger partial charge in [-0.1, -0.05) is 13.8 Å². The third kappa shape index (κ3) is 3.26. The van der Waals surface area contributed by atoms with E-state index in [0.29, 0.717) is 25.4 Å². The lowest BCUT2D eigenvalue weighted by Gasteiger charge is -2.23. The number of aromatic hydroxyl groups is 1. The minimum atomic E-state index is 0.00303. The number of hydrogen-bond acceptors (Lipinski definition) is 4. The maximum absolute atomic E-state index is 12.5. The summed E-state index contributed by atoms with van der Waals surface area (Å²) in [5.74, 6) is 0.798. The Hall–Kier alpha value is -2.01. The molecule has 0 spiro atoms. The molecule has 0 aliphatic carbocycles. The van der Waals surface area contributed by atoms with Crippen molar-refractivity contribution in [3.63, 3.8) is 0 Å². The number of hydrogen-bond donors (Lipinski definition) is 1. The second-order valence-corrected chi connectivity index (χ2v) is 7.60. The summed E-state index contributed by atoms with van der Waals surface area (Å²) < 4.78 is 5.73. The van der Waals surface area contributed by atoms with Crippen molar-refractivity contribution in [2.24, 2.45) is 5.92 Å². The molecule has 24 heavy (non-hydrogen) atoms. The lowest BCUT2D eigenvalue weighted by Crippen LogP contribution is -2.36. The maximum Gasteiger partial charge on any atom is 0.225 e. The van der Waals surface area contributed by atoms with Crippen LogP contribution in [0.25, 0.3) is 10.4 Å². The normalized spacial score (nSPS) is 15.4. The van der Waals surface area contributed by atoms with Gasteiger partial charge in [-0.25, -0.2) is 0 Å². The van der Waals surface area contributed by atoms with Crippen molar-refractivity contribution >= 4 is 17.2 Å². The number of benzene rings is 1. The van der Waals surface area contributed by atoms with Crippen LogP contribution >= 0.6 is 11.3 Å². The minimum Gasteiger partial charge on any atom is -0.504 e. The number of rotatable bonds is 3. The van der Waals surface area contributed by atoms with Gasteiger partial charge in [-0.15, -0.1) is 11.3 Å². The number of aryl methyl sites for hydroxylation is 1. The average molecular weight is 345 g/mol. The van der Waals surface area contributed by atoms with Crippen molar-refractivity contribution < 1.29 is 14.6 Å². The van der Waals surface area contributed by atoms with E-state index in [1.165, 1.54) is 4.88 Å². The number of phenolic OH excluding ortho intramolecular Hbond substituents is 1. The topological polar surface area (TPSA) is 49.8 Å². The van der Waals surface area contributed by atoms with E-state index >= 15 is 0 Å². The fourth-order valence-electron chi connectivity index (χ4n) is 2.91. The second kappa shape index (κ2) is 6.85. The maximum atomic E-state index is 12.5. The van der Waals surface area contributed by atoms with Crippen molar-refractivity contribution in [1.82, 2.24) is 4.90 Å². The van der Waals surface area contributed by atoms with Crippen molar-refractivity contribution in [3.05, 3.63) is 34.7 Å². The molecule has 1 aliphatic heterocycles. The van der Waals surface area contributed by atoms with Gasteiger partial charge in [0.15, 0.2) is 11.5 Å². The van der Waals surface area contributed by atoms with Gasteiger partial charge < -0.3 is 14.7 Å². The van der Waals surface area contributed by atoms with Gasteiger partial charge >= 0.3 is 0 Å². The van der Waals surface area contributed by atoms with Gasteiger partial charge in [0.2, 0.25) is 5.91 Å². The van der Waals surface area contributed by atoms with Gasteiger partial charge in [-0.2, -0.15) is 0 Å². The third-order valence-corrected chi connectivity index (χ3v) is 5.54. The molecule has 0 saturated carbocycles. The predicted octanol–water partition coefficient (Wildman–Crippen LogP) is 4.20. The molecule has 2 heterocycles. The largest absolute Gasteiger partial charge is 0.504 e. The Morgan fingerprint density at radius 1 is 1.42 bits per heavy atom. The zero-order chi connectivity index (χ0) is 17.3. The third-order valence-electron chi connectivity index (χ3n) is 4.49. The highest BCUT2D eigenvalue weighted by Crippen LogP contribution is 2.39. The Morgan fingerprint density at radius 2 is 2.21 bits per heavy atom. The number of carbonyl (C=O) groups excluding carboxylic acids is 1. The fourth-order valence-corrected chi connectivity index (χ4v) is 3.76. The Kier molecular flexibility index (Phi) is 4.81. The Morgan fingerprint density at radius 3 is 2.88 bits per heavy atom. The van der Waals surface area contributed by atoms with Crippen LogP contribution in [-0.2, 0) is 11.3 Å². The van der Waals surface area contributed by atoms with E-state index in [1.807, 2.05) is 24.8 Å². The number of ether oxygens (including phenoxy) is 1. The summed E-state index contributed by atoms with van der Waals surface area (Å²) in [5.41, 5.74) is 1.83.